The minimum Gasteiger partial charge on any atom is -0.228 e. The number of para-hydroxylation sites is 2. The molecule has 4 aromatic rings. The van der Waals surface area contributed by atoms with Crippen molar-refractivity contribution in [2.75, 3.05) is 0 Å². The SMILES string of the molecule is FC(F)(F)c1c(-c2nnnn2-c2ccccc2)cnn1-c1ccccc1. The fourth-order valence-electron chi connectivity index (χ4n) is 2.65. The Kier molecular flexibility index (Phi) is 3.76. The molecule has 0 radical (unpaired) electrons. The van der Waals surface area contributed by atoms with Gasteiger partial charge in [0.05, 0.1) is 23.1 Å². The normalized spacial score (nSPS) is 11.7. The van der Waals surface area contributed by atoms with Crippen LogP contribution < -0.4 is 0 Å². The highest BCUT2D eigenvalue weighted by atomic mass is 19.4. The van der Waals surface area contributed by atoms with Gasteiger partial charge in [0.1, 0.15) is 0 Å². The van der Waals surface area contributed by atoms with Gasteiger partial charge in [0.2, 0.25) is 0 Å². The Hall–Kier alpha value is -3.49. The summed E-state index contributed by atoms with van der Waals surface area (Å²) in [6.07, 6.45) is -3.52. The first-order chi connectivity index (χ1) is 12.6. The quantitative estimate of drug-likeness (QED) is 0.563. The van der Waals surface area contributed by atoms with Gasteiger partial charge in [-0.1, -0.05) is 36.4 Å². The highest BCUT2D eigenvalue weighted by Gasteiger charge is 2.40. The van der Waals surface area contributed by atoms with Gasteiger partial charge in [-0.05, 0) is 34.7 Å². The summed E-state index contributed by atoms with van der Waals surface area (Å²) >= 11 is 0. The second kappa shape index (κ2) is 6.10. The molecule has 0 fully saturated rings. The van der Waals surface area contributed by atoms with Crippen LogP contribution in [0.4, 0.5) is 13.2 Å². The predicted molar refractivity (Wildman–Crippen MR) is 86.7 cm³/mol. The van der Waals surface area contributed by atoms with Crippen LogP contribution in [0.25, 0.3) is 22.8 Å². The third-order valence-electron chi connectivity index (χ3n) is 3.75. The van der Waals surface area contributed by atoms with Gasteiger partial charge in [-0.2, -0.15) is 23.0 Å². The van der Waals surface area contributed by atoms with Crippen molar-refractivity contribution < 1.29 is 13.2 Å². The lowest BCUT2D eigenvalue weighted by Gasteiger charge is -2.12. The maximum Gasteiger partial charge on any atom is 0.434 e. The molecule has 0 bridgehead atoms. The van der Waals surface area contributed by atoms with Gasteiger partial charge >= 0.3 is 6.18 Å². The van der Waals surface area contributed by atoms with Gasteiger partial charge in [-0.25, -0.2) is 4.68 Å². The number of benzene rings is 2. The zero-order valence-corrected chi connectivity index (χ0v) is 13.2. The molecule has 0 saturated heterocycles. The lowest BCUT2D eigenvalue weighted by Crippen LogP contribution is -2.15. The number of hydrogen-bond acceptors (Lipinski definition) is 4. The van der Waals surface area contributed by atoms with Crippen LogP contribution in [0.3, 0.4) is 0 Å². The zero-order chi connectivity index (χ0) is 18.1. The van der Waals surface area contributed by atoms with Crippen LogP contribution in [0.2, 0.25) is 0 Å². The molecule has 0 N–H and O–H groups in total. The first-order valence-corrected chi connectivity index (χ1v) is 7.60. The summed E-state index contributed by atoms with van der Waals surface area (Å²) in [4.78, 5) is 0. The number of nitrogens with zero attached hydrogens (tertiary/aromatic N) is 6. The molecule has 2 aromatic heterocycles. The highest BCUT2D eigenvalue weighted by Crippen LogP contribution is 2.37. The zero-order valence-electron chi connectivity index (χ0n) is 13.2. The summed E-state index contributed by atoms with van der Waals surface area (Å²) in [5.74, 6) is -0.0364. The van der Waals surface area contributed by atoms with Gasteiger partial charge in [-0.3, -0.25) is 0 Å². The minimum atomic E-state index is -4.64. The van der Waals surface area contributed by atoms with Crippen molar-refractivity contribution >= 4 is 0 Å². The maximum atomic E-state index is 13.8. The standard InChI is InChI=1S/C17H11F3N6/c18-17(19,20)15-14(11-21-25(15)12-7-3-1-4-8-12)16-22-23-24-26(16)13-9-5-2-6-10-13/h1-11H. The van der Waals surface area contributed by atoms with Crippen LogP contribution in [-0.4, -0.2) is 30.0 Å². The molecule has 0 saturated carbocycles. The molecule has 0 spiro atoms. The second-order valence-electron chi connectivity index (χ2n) is 5.40. The highest BCUT2D eigenvalue weighted by molar-refractivity contribution is 5.61. The molecule has 4 rings (SSSR count). The molecule has 9 heteroatoms. The number of rotatable bonds is 3. The molecular weight excluding hydrogens is 345 g/mol. The predicted octanol–water partition coefficient (Wildman–Crippen LogP) is 3.53. The molecule has 0 aliphatic heterocycles. The molecule has 0 aliphatic rings. The van der Waals surface area contributed by atoms with E-state index < -0.39 is 11.9 Å². The third kappa shape index (κ3) is 2.73. The van der Waals surface area contributed by atoms with E-state index in [2.05, 4.69) is 20.6 Å². The lowest BCUT2D eigenvalue weighted by atomic mass is 10.2. The van der Waals surface area contributed by atoms with Crippen LogP contribution in [-0.2, 0) is 6.18 Å². The molecule has 0 aliphatic carbocycles. The molecule has 130 valence electrons. The molecular formula is C17H11F3N6. The fraction of sp³-hybridized carbons (Fsp3) is 0.0588. The average molecular weight is 356 g/mol. The van der Waals surface area contributed by atoms with Crippen LogP contribution in [0.5, 0.6) is 0 Å². The van der Waals surface area contributed by atoms with E-state index in [0.717, 1.165) is 10.9 Å². The van der Waals surface area contributed by atoms with Crippen molar-refractivity contribution in [2.45, 2.75) is 6.18 Å². The first-order valence-electron chi connectivity index (χ1n) is 7.60. The monoisotopic (exact) mass is 356 g/mol. The number of hydrogen-bond donors (Lipinski definition) is 0. The van der Waals surface area contributed by atoms with E-state index in [4.69, 9.17) is 0 Å². The van der Waals surface area contributed by atoms with Gasteiger partial charge in [0, 0.05) is 0 Å². The Morgan fingerprint density at radius 1 is 0.769 bits per heavy atom. The Bertz CT molecular complexity index is 1020. The summed E-state index contributed by atoms with van der Waals surface area (Å²) < 4.78 is 43.5. The summed E-state index contributed by atoms with van der Waals surface area (Å²) in [5, 5.41) is 15.1. The van der Waals surface area contributed by atoms with Gasteiger partial charge in [0.25, 0.3) is 0 Å². The Morgan fingerprint density at radius 2 is 1.35 bits per heavy atom. The van der Waals surface area contributed by atoms with E-state index in [1.807, 2.05) is 0 Å². The van der Waals surface area contributed by atoms with Crippen molar-refractivity contribution in [1.29, 1.82) is 0 Å². The van der Waals surface area contributed by atoms with Crippen LogP contribution >= 0.6 is 0 Å². The van der Waals surface area contributed by atoms with Gasteiger partial charge in [0.15, 0.2) is 11.5 Å². The van der Waals surface area contributed by atoms with E-state index in [1.165, 1.54) is 4.68 Å². The molecule has 2 heterocycles. The number of alkyl halides is 3. The van der Waals surface area contributed by atoms with E-state index >= 15 is 0 Å². The third-order valence-corrected chi connectivity index (χ3v) is 3.75. The topological polar surface area (TPSA) is 61.4 Å². The Balaban J connectivity index is 1.93. The molecule has 0 amide bonds. The molecule has 2 aromatic carbocycles. The summed E-state index contributed by atoms with van der Waals surface area (Å²) in [5.41, 5.74) is -0.288. The lowest BCUT2D eigenvalue weighted by molar-refractivity contribution is -0.142. The van der Waals surface area contributed by atoms with Gasteiger partial charge < -0.3 is 0 Å². The smallest absolute Gasteiger partial charge is 0.228 e. The number of aromatic nitrogens is 6. The van der Waals surface area contributed by atoms with E-state index in [1.54, 1.807) is 60.7 Å². The molecule has 26 heavy (non-hydrogen) atoms. The first kappa shape index (κ1) is 16.0. The van der Waals surface area contributed by atoms with E-state index in [-0.39, 0.29) is 11.4 Å². The van der Waals surface area contributed by atoms with Crippen LogP contribution in [0.1, 0.15) is 5.69 Å². The summed E-state index contributed by atoms with van der Waals surface area (Å²) in [6.45, 7) is 0. The molecule has 6 nitrogen and oxygen atoms in total. The number of tetrazole rings is 1. The van der Waals surface area contributed by atoms with Crippen molar-refractivity contribution in [3.63, 3.8) is 0 Å². The Labute approximate surface area is 145 Å². The van der Waals surface area contributed by atoms with Gasteiger partial charge in [-0.15, -0.1) is 5.10 Å². The number of halogens is 3. The molecule has 0 unspecified atom stereocenters. The summed E-state index contributed by atoms with van der Waals surface area (Å²) in [7, 11) is 0. The fourth-order valence-corrected chi connectivity index (χ4v) is 2.65. The van der Waals surface area contributed by atoms with Crippen LogP contribution in [0.15, 0.2) is 66.9 Å². The van der Waals surface area contributed by atoms with Crippen molar-refractivity contribution in [2.24, 2.45) is 0 Å². The van der Waals surface area contributed by atoms with Crippen molar-refractivity contribution in [1.82, 2.24) is 30.0 Å². The Morgan fingerprint density at radius 3 is 1.92 bits per heavy atom. The second-order valence-corrected chi connectivity index (χ2v) is 5.40. The van der Waals surface area contributed by atoms with Crippen molar-refractivity contribution in [3.8, 4) is 22.8 Å². The largest absolute Gasteiger partial charge is 0.434 e. The van der Waals surface area contributed by atoms with Crippen molar-refractivity contribution in [3.05, 3.63) is 72.6 Å². The summed E-state index contributed by atoms with van der Waals surface area (Å²) in [6, 6.07) is 16.8. The van der Waals surface area contributed by atoms with Crippen LogP contribution in [0, 0.1) is 0 Å². The molecule has 0 atom stereocenters. The average Bonchev–Trinajstić information content (AvgIpc) is 3.29. The minimum absolute atomic E-state index is 0.0364. The van der Waals surface area contributed by atoms with E-state index in [9.17, 15) is 13.2 Å². The maximum absolute atomic E-state index is 13.8. The van der Waals surface area contributed by atoms with E-state index in [0.29, 0.717) is 11.4 Å².